The Morgan fingerprint density at radius 3 is 1.88 bits per heavy atom. The number of para-hydroxylation sites is 1. The number of nitrogens with zero attached hydrogens (tertiary/aromatic N) is 1. The highest BCUT2D eigenvalue weighted by Crippen LogP contribution is 2.56. The van der Waals surface area contributed by atoms with Gasteiger partial charge in [0, 0.05) is 26.8 Å². The van der Waals surface area contributed by atoms with Crippen molar-refractivity contribution in [1.29, 1.82) is 0 Å². The predicted octanol–water partition coefficient (Wildman–Crippen LogP) is 8.71. The first kappa shape index (κ1) is 22.9. The third kappa shape index (κ3) is 2.95. The van der Waals surface area contributed by atoms with Crippen molar-refractivity contribution in [2.24, 2.45) is 0 Å². The summed E-state index contributed by atoms with van der Waals surface area (Å²) < 4.78 is 18.6. The molecule has 2 nitrogen and oxygen atoms in total. The van der Waals surface area contributed by atoms with Gasteiger partial charge in [0.05, 0.1) is 22.0 Å². The van der Waals surface area contributed by atoms with Crippen LogP contribution in [0.2, 0.25) is 0 Å². The second-order valence-electron chi connectivity index (χ2n) is 10.8. The molecule has 0 saturated carbocycles. The maximum atomic E-state index is 16.2. The molecule has 0 spiro atoms. The quantitative estimate of drug-likeness (QED) is 0.201. The molecular formula is C38H24NOP. The van der Waals surface area contributed by atoms with Gasteiger partial charge in [-0.2, -0.15) is 0 Å². The van der Waals surface area contributed by atoms with Gasteiger partial charge >= 0.3 is 0 Å². The van der Waals surface area contributed by atoms with E-state index >= 15 is 4.57 Å². The molecular weight excluding hydrogens is 517 g/mol. The van der Waals surface area contributed by atoms with Crippen molar-refractivity contribution in [2.45, 2.75) is 0 Å². The minimum Gasteiger partial charge on any atom is -0.308 e. The number of fused-ring (bicyclic) bond motifs is 10. The van der Waals surface area contributed by atoms with E-state index in [2.05, 4.69) is 120 Å². The molecule has 0 radical (unpaired) electrons. The molecule has 8 aromatic rings. The first-order chi connectivity index (χ1) is 20.2. The van der Waals surface area contributed by atoms with Crippen LogP contribution in [0.1, 0.15) is 0 Å². The molecule has 192 valence electrons. The van der Waals surface area contributed by atoms with Gasteiger partial charge in [0.2, 0.25) is 0 Å². The first-order valence-electron chi connectivity index (χ1n) is 14.0. The van der Waals surface area contributed by atoms with Gasteiger partial charge in [-0.05, 0) is 39.4 Å². The second-order valence-corrected chi connectivity index (χ2v) is 13.5. The van der Waals surface area contributed by atoms with Gasteiger partial charge in [-0.1, -0.05) is 133 Å². The molecule has 1 atom stereocenters. The zero-order valence-corrected chi connectivity index (χ0v) is 23.1. The molecule has 1 aliphatic rings. The molecule has 0 aliphatic carbocycles. The van der Waals surface area contributed by atoms with Crippen LogP contribution in [-0.2, 0) is 4.57 Å². The molecule has 2 heterocycles. The zero-order chi connectivity index (χ0) is 27.1. The zero-order valence-electron chi connectivity index (χ0n) is 22.2. The van der Waals surface area contributed by atoms with E-state index in [1.807, 2.05) is 30.3 Å². The smallest absolute Gasteiger partial charge is 0.174 e. The molecule has 0 fully saturated rings. The lowest BCUT2D eigenvalue weighted by Gasteiger charge is -2.20. The Bertz CT molecular complexity index is 2400. The fourth-order valence-electron chi connectivity index (χ4n) is 7.05. The van der Waals surface area contributed by atoms with Crippen molar-refractivity contribution in [2.75, 3.05) is 0 Å². The van der Waals surface area contributed by atoms with Gasteiger partial charge in [0.25, 0.3) is 0 Å². The molecule has 0 bridgehead atoms. The minimum atomic E-state index is -3.28. The van der Waals surface area contributed by atoms with E-state index in [1.165, 1.54) is 16.2 Å². The standard InChI is InChI=1S/C38H24NOP/c40-41(27-14-2-1-3-15-27)37-29-17-7-5-12-26(29)21-22-32(37)33-24-23-31-30-18-8-9-19-35(30)39(36(31)38(33)41)34-20-10-13-25-11-4-6-16-28(25)34/h1-24H. The Balaban J connectivity index is 1.54. The number of rotatable bonds is 2. The lowest BCUT2D eigenvalue weighted by atomic mass is 10.00. The number of aromatic nitrogens is 1. The summed E-state index contributed by atoms with van der Waals surface area (Å²) in [7, 11) is -3.28. The third-order valence-corrected chi connectivity index (χ3v) is 12.0. The molecule has 7 aromatic carbocycles. The van der Waals surface area contributed by atoms with Crippen LogP contribution >= 0.6 is 7.14 Å². The summed E-state index contributed by atoms with van der Waals surface area (Å²) in [6.07, 6.45) is 0. The van der Waals surface area contributed by atoms with E-state index in [0.29, 0.717) is 0 Å². The normalized spacial score (nSPS) is 16.0. The Hall–Kier alpha value is -4.91. The van der Waals surface area contributed by atoms with E-state index < -0.39 is 7.14 Å². The Labute approximate surface area is 237 Å². The monoisotopic (exact) mass is 541 g/mol. The average molecular weight is 542 g/mol. The Kier molecular flexibility index (Phi) is 4.63. The maximum absolute atomic E-state index is 16.2. The second kappa shape index (κ2) is 8.30. The molecule has 1 aromatic heterocycles. The van der Waals surface area contributed by atoms with Gasteiger partial charge in [-0.15, -0.1) is 0 Å². The predicted molar refractivity (Wildman–Crippen MR) is 174 cm³/mol. The van der Waals surface area contributed by atoms with Crippen molar-refractivity contribution in [3.05, 3.63) is 146 Å². The third-order valence-electron chi connectivity index (χ3n) is 8.76. The molecule has 1 unspecified atom stereocenters. The van der Waals surface area contributed by atoms with Crippen molar-refractivity contribution in [1.82, 2.24) is 4.57 Å². The van der Waals surface area contributed by atoms with E-state index in [1.54, 1.807) is 0 Å². The van der Waals surface area contributed by atoms with Crippen LogP contribution in [0.3, 0.4) is 0 Å². The lowest BCUT2D eigenvalue weighted by molar-refractivity contribution is 0.593. The fraction of sp³-hybridized carbons (Fsp3) is 0. The Morgan fingerprint density at radius 1 is 0.439 bits per heavy atom. The summed E-state index contributed by atoms with van der Waals surface area (Å²) in [5, 5.41) is 9.60. The highest BCUT2D eigenvalue weighted by Gasteiger charge is 2.44. The SMILES string of the molecule is O=P1(c2ccccc2)c2c(ccc3ccccc23)-c2ccc3c4ccccc4n(-c4cccc5ccccc45)c3c21. The van der Waals surface area contributed by atoms with Crippen LogP contribution in [0.4, 0.5) is 0 Å². The van der Waals surface area contributed by atoms with Crippen LogP contribution in [0.25, 0.3) is 60.2 Å². The summed E-state index contributed by atoms with van der Waals surface area (Å²) in [5.74, 6) is 0. The number of hydrogen-bond acceptors (Lipinski definition) is 1. The Morgan fingerprint density at radius 2 is 1.05 bits per heavy atom. The van der Waals surface area contributed by atoms with Crippen LogP contribution in [0.15, 0.2) is 146 Å². The van der Waals surface area contributed by atoms with Gasteiger partial charge in [-0.3, -0.25) is 0 Å². The van der Waals surface area contributed by atoms with Crippen molar-refractivity contribution < 1.29 is 4.57 Å². The fourth-order valence-corrected chi connectivity index (χ4v) is 10.5. The molecule has 1 aliphatic heterocycles. The van der Waals surface area contributed by atoms with Crippen LogP contribution < -0.4 is 15.9 Å². The van der Waals surface area contributed by atoms with Crippen LogP contribution in [0.5, 0.6) is 0 Å². The molecule has 41 heavy (non-hydrogen) atoms. The maximum Gasteiger partial charge on any atom is 0.174 e. The summed E-state index contributed by atoms with van der Waals surface area (Å²) in [4.78, 5) is 0. The van der Waals surface area contributed by atoms with Crippen LogP contribution in [-0.4, -0.2) is 4.57 Å². The van der Waals surface area contributed by atoms with Gasteiger partial charge < -0.3 is 9.13 Å². The molecule has 3 heteroatoms. The van der Waals surface area contributed by atoms with E-state index in [4.69, 9.17) is 0 Å². The van der Waals surface area contributed by atoms with Crippen molar-refractivity contribution >= 4 is 66.4 Å². The average Bonchev–Trinajstić information content (AvgIpc) is 3.51. The summed E-state index contributed by atoms with van der Waals surface area (Å²) in [6, 6.07) is 50.9. The van der Waals surface area contributed by atoms with E-state index in [-0.39, 0.29) is 0 Å². The molecule has 0 saturated heterocycles. The number of benzene rings is 7. The molecule has 0 amide bonds. The largest absolute Gasteiger partial charge is 0.308 e. The van der Waals surface area contributed by atoms with Gasteiger partial charge in [0.15, 0.2) is 7.14 Å². The topological polar surface area (TPSA) is 22.0 Å². The summed E-state index contributed by atoms with van der Waals surface area (Å²) in [5.41, 5.74) is 5.39. The van der Waals surface area contributed by atoms with E-state index in [9.17, 15) is 0 Å². The first-order valence-corrected chi connectivity index (χ1v) is 15.7. The highest BCUT2D eigenvalue weighted by molar-refractivity contribution is 7.87. The van der Waals surface area contributed by atoms with Gasteiger partial charge in [-0.25, -0.2) is 0 Å². The lowest BCUT2D eigenvalue weighted by Crippen LogP contribution is -2.23. The minimum absolute atomic E-state index is 0.874. The summed E-state index contributed by atoms with van der Waals surface area (Å²) >= 11 is 0. The highest BCUT2D eigenvalue weighted by atomic mass is 31.2. The summed E-state index contributed by atoms with van der Waals surface area (Å²) in [6.45, 7) is 0. The van der Waals surface area contributed by atoms with Crippen LogP contribution in [0, 0.1) is 0 Å². The van der Waals surface area contributed by atoms with Gasteiger partial charge in [0.1, 0.15) is 0 Å². The van der Waals surface area contributed by atoms with E-state index in [0.717, 1.165) is 59.9 Å². The number of hydrogen-bond donors (Lipinski definition) is 0. The molecule has 9 rings (SSSR count). The molecule has 0 N–H and O–H groups in total. The van der Waals surface area contributed by atoms with Crippen molar-refractivity contribution in [3.8, 4) is 16.8 Å². The van der Waals surface area contributed by atoms with Crippen molar-refractivity contribution in [3.63, 3.8) is 0 Å².